The fourth-order valence-electron chi connectivity index (χ4n) is 3.27. The minimum atomic E-state index is -0.281. The van der Waals surface area contributed by atoms with Gasteiger partial charge >= 0.3 is 0 Å². The highest BCUT2D eigenvalue weighted by molar-refractivity contribution is 5.96. The van der Waals surface area contributed by atoms with Gasteiger partial charge in [-0.2, -0.15) is 0 Å². The Bertz CT molecular complexity index is 1150. The molecule has 0 aliphatic carbocycles. The van der Waals surface area contributed by atoms with Crippen LogP contribution in [0.15, 0.2) is 91.0 Å². The number of nitrogens with one attached hydrogen (secondary N) is 1. The minimum Gasteiger partial charge on any atom is -0.497 e. The summed E-state index contributed by atoms with van der Waals surface area (Å²) in [7, 11) is 1.66. The molecule has 0 heterocycles. The number of anilines is 1. The van der Waals surface area contributed by atoms with E-state index < -0.39 is 0 Å². The lowest BCUT2D eigenvalue weighted by Crippen LogP contribution is -2.18. The fourth-order valence-corrected chi connectivity index (χ4v) is 3.27. The van der Waals surface area contributed by atoms with Crippen molar-refractivity contribution in [3.8, 4) is 17.2 Å². The first-order valence-corrected chi connectivity index (χ1v) is 9.84. The topological polar surface area (TPSA) is 47.6 Å². The van der Waals surface area contributed by atoms with E-state index in [0.717, 1.165) is 39.3 Å². The molecule has 150 valence electrons. The molecule has 0 spiro atoms. The second kappa shape index (κ2) is 8.70. The maximum absolute atomic E-state index is 12.8. The summed E-state index contributed by atoms with van der Waals surface area (Å²) in [6, 6.07) is 29.0. The smallest absolute Gasteiger partial charge is 0.231 e. The third-order valence-corrected chi connectivity index (χ3v) is 5.07. The van der Waals surface area contributed by atoms with Crippen molar-refractivity contribution in [2.75, 3.05) is 12.4 Å². The summed E-state index contributed by atoms with van der Waals surface area (Å²) in [4.78, 5) is 12.8. The molecule has 0 bridgehead atoms. The van der Waals surface area contributed by atoms with Crippen LogP contribution in [0.4, 0.5) is 5.69 Å². The standard InChI is InChI=1S/C26H23NO3/c1-18(19-8-9-21-17-25(29-2)13-10-20(21)16-19)26(28)27-22-11-14-24(15-12-22)30-23-6-4-3-5-7-23/h3-18H,1-2H3,(H,27,28)/t18-/m0/s1. The van der Waals surface area contributed by atoms with Crippen LogP contribution in [0.2, 0.25) is 0 Å². The van der Waals surface area contributed by atoms with Gasteiger partial charge in [-0.3, -0.25) is 4.79 Å². The van der Waals surface area contributed by atoms with Crippen LogP contribution >= 0.6 is 0 Å². The summed E-state index contributed by atoms with van der Waals surface area (Å²) in [6.45, 7) is 1.91. The summed E-state index contributed by atoms with van der Waals surface area (Å²) in [5.41, 5.74) is 1.70. The van der Waals surface area contributed by atoms with Crippen LogP contribution in [0.25, 0.3) is 10.8 Å². The van der Waals surface area contributed by atoms with Gasteiger partial charge in [-0.05, 0) is 71.8 Å². The number of rotatable bonds is 6. The van der Waals surface area contributed by atoms with Crippen molar-refractivity contribution in [3.05, 3.63) is 96.6 Å². The van der Waals surface area contributed by atoms with E-state index in [1.54, 1.807) is 7.11 Å². The number of methoxy groups -OCH3 is 1. The second-order valence-corrected chi connectivity index (χ2v) is 7.12. The molecule has 0 radical (unpaired) electrons. The number of ether oxygens (including phenoxy) is 2. The lowest BCUT2D eigenvalue weighted by molar-refractivity contribution is -0.117. The predicted molar refractivity (Wildman–Crippen MR) is 121 cm³/mol. The van der Waals surface area contributed by atoms with Crippen molar-refractivity contribution in [1.29, 1.82) is 0 Å². The van der Waals surface area contributed by atoms with E-state index >= 15 is 0 Å². The zero-order valence-electron chi connectivity index (χ0n) is 17.0. The highest BCUT2D eigenvalue weighted by Gasteiger charge is 2.16. The van der Waals surface area contributed by atoms with Crippen molar-refractivity contribution in [2.45, 2.75) is 12.8 Å². The Morgan fingerprint density at radius 3 is 2.13 bits per heavy atom. The third kappa shape index (κ3) is 4.44. The van der Waals surface area contributed by atoms with Crippen LogP contribution in [-0.2, 0) is 4.79 Å². The Labute approximate surface area is 176 Å². The van der Waals surface area contributed by atoms with E-state index in [4.69, 9.17) is 9.47 Å². The Hall–Kier alpha value is -3.79. The summed E-state index contributed by atoms with van der Waals surface area (Å²) < 4.78 is 11.1. The van der Waals surface area contributed by atoms with Crippen molar-refractivity contribution in [1.82, 2.24) is 0 Å². The first-order valence-electron chi connectivity index (χ1n) is 9.84. The SMILES string of the molecule is COc1ccc2cc([C@H](C)C(=O)Nc3ccc(Oc4ccccc4)cc3)ccc2c1. The van der Waals surface area contributed by atoms with Crippen molar-refractivity contribution < 1.29 is 14.3 Å². The number of benzene rings is 4. The van der Waals surface area contributed by atoms with E-state index in [0.29, 0.717) is 0 Å². The average molecular weight is 397 g/mol. The molecular formula is C26H23NO3. The monoisotopic (exact) mass is 397 g/mol. The summed E-state index contributed by atoms with van der Waals surface area (Å²) >= 11 is 0. The Morgan fingerprint density at radius 2 is 1.40 bits per heavy atom. The van der Waals surface area contributed by atoms with Gasteiger partial charge in [0.1, 0.15) is 17.2 Å². The van der Waals surface area contributed by atoms with Gasteiger partial charge in [0.05, 0.1) is 13.0 Å². The number of hydrogen-bond donors (Lipinski definition) is 1. The average Bonchev–Trinajstić information content (AvgIpc) is 2.79. The Kier molecular flexibility index (Phi) is 5.66. The van der Waals surface area contributed by atoms with E-state index in [1.807, 2.05) is 91.9 Å². The first kappa shape index (κ1) is 19.5. The van der Waals surface area contributed by atoms with Gasteiger partial charge in [-0.1, -0.05) is 42.5 Å². The molecule has 0 fully saturated rings. The molecule has 4 nitrogen and oxygen atoms in total. The molecule has 4 aromatic carbocycles. The first-order chi connectivity index (χ1) is 14.6. The number of para-hydroxylation sites is 1. The lowest BCUT2D eigenvalue weighted by atomic mass is 9.97. The highest BCUT2D eigenvalue weighted by atomic mass is 16.5. The molecule has 1 amide bonds. The zero-order valence-corrected chi connectivity index (χ0v) is 17.0. The number of hydrogen-bond acceptors (Lipinski definition) is 3. The molecular weight excluding hydrogens is 374 g/mol. The number of carbonyl (C=O) groups is 1. The molecule has 4 rings (SSSR count). The highest BCUT2D eigenvalue weighted by Crippen LogP contribution is 2.27. The molecule has 30 heavy (non-hydrogen) atoms. The molecule has 0 saturated heterocycles. The fraction of sp³-hybridized carbons (Fsp3) is 0.115. The molecule has 0 aliphatic heterocycles. The Morgan fingerprint density at radius 1 is 0.767 bits per heavy atom. The molecule has 0 aliphatic rings. The molecule has 4 heteroatoms. The van der Waals surface area contributed by atoms with Crippen molar-refractivity contribution >= 4 is 22.4 Å². The van der Waals surface area contributed by atoms with Gasteiger partial charge in [0.15, 0.2) is 0 Å². The Balaban J connectivity index is 1.43. The third-order valence-electron chi connectivity index (χ3n) is 5.07. The second-order valence-electron chi connectivity index (χ2n) is 7.12. The van der Waals surface area contributed by atoms with Crippen LogP contribution < -0.4 is 14.8 Å². The molecule has 0 aromatic heterocycles. The number of amides is 1. The summed E-state index contributed by atoms with van der Waals surface area (Å²) in [5.74, 6) is 1.98. The van der Waals surface area contributed by atoms with E-state index in [1.165, 1.54) is 0 Å². The molecule has 4 aromatic rings. The van der Waals surface area contributed by atoms with Gasteiger partial charge in [0.25, 0.3) is 0 Å². The maximum atomic E-state index is 12.8. The normalized spacial score (nSPS) is 11.7. The number of carbonyl (C=O) groups excluding carboxylic acids is 1. The van der Waals surface area contributed by atoms with Gasteiger partial charge in [-0.25, -0.2) is 0 Å². The van der Waals surface area contributed by atoms with E-state index in [2.05, 4.69) is 11.4 Å². The molecule has 1 atom stereocenters. The van der Waals surface area contributed by atoms with Crippen LogP contribution in [0.5, 0.6) is 17.2 Å². The van der Waals surface area contributed by atoms with Crippen LogP contribution in [-0.4, -0.2) is 13.0 Å². The largest absolute Gasteiger partial charge is 0.497 e. The van der Waals surface area contributed by atoms with Crippen LogP contribution in [0.3, 0.4) is 0 Å². The van der Waals surface area contributed by atoms with Crippen molar-refractivity contribution in [3.63, 3.8) is 0 Å². The summed E-state index contributed by atoms with van der Waals surface area (Å²) in [5, 5.41) is 5.15. The molecule has 1 N–H and O–H groups in total. The van der Waals surface area contributed by atoms with Gasteiger partial charge in [0, 0.05) is 5.69 Å². The summed E-state index contributed by atoms with van der Waals surface area (Å²) in [6.07, 6.45) is 0. The van der Waals surface area contributed by atoms with Gasteiger partial charge in [-0.15, -0.1) is 0 Å². The van der Waals surface area contributed by atoms with Gasteiger partial charge < -0.3 is 14.8 Å². The van der Waals surface area contributed by atoms with Gasteiger partial charge in [0.2, 0.25) is 5.91 Å². The number of fused-ring (bicyclic) bond motifs is 1. The van der Waals surface area contributed by atoms with E-state index in [9.17, 15) is 4.79 Å². The van der Waals surface area contributed by atoms with Crippen molar-refractivity contribution in [2.24, 2.45) is 0 Å². The molecule has 0 unspecified atom stereocenters. The zero-order chi connectivity index (χ0) is 20.9. The van der Waals surface area contributed by atoms with Crippen LogP contribution in [0.1, 0.15) is 18.4 Å². The lowest BCUT2D eigenvalue weighted by Gasteiger charge is -2.14. The molecule has 0 saturated carbocycles. The van der Waals surface area contributed by atoms with Crippen LogP contribution in [0, 0.1) is 0 Å². The quantitative estimate of drug-likeness (QED) is 0.410. The maximum Gasteiger partial charge on any atom is 0.231 e. The predicted octanol–water partition coefficient (Wildman–Crippen LogP) is 6.38. The minimum absolute atomic E-state index is 0.0559. The van der Waals surface area contributed by atoms with E-state index in [-0.39, 0.29) is 11.8 Å².